The molecule has 0 unspecified atom stereocenters. The molecule has 0 aliphatic heterocycles. The fourth-order valence-electron chi connectivity index (χ4n) is 2.94. The molecule has 1 heterocycles. The monoisotopic (exact) mass is 417 g/mol. The van der Waals surface area contributed by atoms with Crippen molar-refractivity contribution in [1.82, 2.24) is 20.3 Å². The zero-order chi connectivity index (χ0) is 20.7. The van der Waals surface area contributed by atoms with Crippen molar-refractivity contribution in [2.24, 2.45) is 4.99 Å². The second-order valence-electron chi connectivity index (χ2n) is 6.39. The molecule has 0 bridgehead atoms. The zero-order valence-electron chi connectivity index (χ0n) is 16.1. The van der Waals surface area contributed by atoms with Crippen LogP contribution in [0.1, 0.15) is 5.56 Å². The number of H-pyrrole nitrogens is 1. The summed E-state index contributed by atoms with van der Waals surface area (Å²) in [7, 11) is -1.88. The quantitative estimate of drug-likeness (QED) is 0.256. The largest absolute Gasteiger partial charge is 0.361 e. The van der Waals surface area contributed by atoms with Crippen molar-refractivity contribution in [3.8, 4) is 0 Å². The lowest BCUT2D eigenvalue weighted by atomic mass is 10.1. The van der Waals surface area contributed by atoms with E-state index < -0.39 is 10.0 Å². The zero-order valence-corrected chi connectivity index (χ0v) is 16.9. The number of hydrogen-bond donors (Lipinski definition) is 4. The number of aliphatic imine (C=N–C) groups is 1. The fraction of sp³-hybridized carbons (Fsp3) is 0.250. The molecule has 29 heavy (non-hydrogen) atoms. The van der Waals surface area contributed by atoms with Gasteiger partial charge in [-0.3, -0.25) is 4.99 Å². The summed E-state index contributed by atoms with van der Waals surface area (Å²) in [5.74, 6) is 0.302. The molecule has 154 valence electrons. The van der Waals surface area contributed by atoms with Crippen LogP contribution in [0.3, 0.4) is 0 Å². The molecule has 2 aromatic carbocycles. The molecule has 3 rings (SSSR count). The molecule has 3 aromatic rings. The highest BCUT2D eigenvalue weighted by atomic mass is 32.2. The summed E-state index contributed by atoms with van der Waals surface area (Å²) in [5.41, 5.74) is 1.91. The Labute approximate surface area is 169 Å². The maximum absolute atomic E-state index is 13.5. The van der Waals surface area contributed by atoms with Crippen molar-refractivity contribution >= 4 is 26.9 Å². The molecule has 1 aromatic heterocycles. The maximum Gasteiger partial charge on any atom is 0.240 e. The summed E-state index contributed by atoms with van der Waals surface area (Å²) in [6.07, 6.45) is 2.56. The number of fused-ring (bicyclic) bond motifs is 1. The summed E-state index contributed by atoms with van der Waals surface area (Å²) >= 11 is 0. The average molecular weight is 418 g/mol. The van der Waals surface area contributed by atoms with Crippen LogP contribution in [0.2, 0.25) is 0 Å². The van der Waals surface area contributed by atoms with Gasteiger partial charge in [-0.2, -0.15) is 0 Å². The predicted octanol–water partition coefficient (Wildman–Crippen LogP) is 1.99. The minimum Gasteiger partial charge on any atom is -0.361 e. The van der Waals surface area contributed by atoms with E-state index in [1.807, 2.05) is 6.20 Å². The van der Waals surface area contributed by atoms with Gasteiger partial charge in [0.15, 0.2) is 5.96 Å². The molecule has 0 amide bonds. The van der Waals surface area contributed by atoms with Crippen molar-refractivity contribution in [2.45, 2.75) is 11.3 Å². The molecule has 0 aliphatic carbocycles. The van der Waals surface area contributed by atoms with Gasteiger partial charge in [0, 0.05) is 43.8 Å². The van der Waals surface area contributed by atoms with E-state index in [9.17, 15) is 12.8 Å². The number of guanidine groups is 1. The summed E-state index contributed by atoms with van der Waals surface area (Å²) in [5, 5.41) is 7.10. The second-order valence-corrected chi connectivity index (χ2v) is 8.16. The van der Waals surface area contributed by atoms with Crippen LogP contribution in [0.4, 0.5) is 4.39 Å². The Morgan fingerprint density at radius 1 is 1.07 bits per heavy atom. The number of aromatic amines is 1. The Bertz CT molecular complexity index is 1080. The molecular weight excluding hydrogens is 393 g/mol. The topological polar surface area (TPSA) is 98.4 Å². The normalized spacial score (nSPS) is 12.3. The second kappa shape index (κ2) is 9.53. The van der Waals surface area contributed by atoms with Crippen molar-refractivity contribution < 1.29 is 12.8 Å². The van der Waals surface area contributed by atoms with Crippen LogP contribution in [-0.4, -0.2) is 46.0 Å². The summed E-state index contributed by atoms with van der Waals surface area (Å²) in [6.45, 7) is 1.20. The number of sulfonamides is 1. The number of hydrogen-bond acceptors (Lipinski definition) is 3. The van der Waals surface area contributed by atoms with Crippen LogP contribution in [0.5, 0.6) is 0 Å². The van der Waals surface area contributed by atoms with E-state index in [0.717, 1.165) is 16.5 Å². The highest BCUT2D eigenvalue weighted by Gasteiger charge is 2.12. The van der Waals surface area contributed by atoms with E-state index in [-0.39, 0.29) is 17.3 Å². The minimum absolute atomic E-state index is 0.222. The molecular formula is C20H24FN5O2S. The minimum atomic E-state index is -3.52. The first-order valence-corrected chi connectivity index (χ1v) is 10.7. The maximum atomic E-state index is 13.5. The molecule has 9 heteroatoms. The molecule has 0 atom stereocenters. The first kappa shape index (κ1) is 20.8. The van der Waals surface area contributed by atoms with Crippen LogP contribution < -0.4 is 15.4 Å². The van der Waals surface area contributed by atoms with Crippen molar-refractivity contribution in [3.05, 3.63) is 66.1 Å². The van der Waals surface area contributed by atoms with E-state index in [0.29, 0.717) is 25.5 Å². The lowest BCUT2D eigenvalue weighted by molar-refractivity contribution is 0.580. The summed E-state index contributed by atoms with van der Waals surface area (Å²) in [4.78, 5) is 7.49. The molecule has 7 nitrogen and oxygen atoms in total. The van der Waals surface area contributed by atoms with Gasteiger partial charge in [0.2, 0.25) is 10.0 Å². The van der Waals surface area contributed by atoms with E-state index in [1.165, 1.54) is 12.1 Å². The lowest BCUT2D eigenvalue weighted by Crippen LogP contribution is -2.42. The van der Waals surface area contributed by atoms with Crippen LogP contribution in [0.15, 0.2) is 64.6 Å². The van der Waals surface area contributed by atoms with Gasteiger partial charge in [-0.1, -0.05) is 18.2 Å². The number of nitrogens with zero attached hydrogens (tertiary/aromatic N) is 1. The Morgan fingerprint density at radius 2 is 1.83 bits per heavy atom. The first-order valence-electron chi connectivity index (χ1n) is 9.24. The molecule has 0 spiro atoms. The Kier molecular flexibility index (Phi) is 6.84. The summed E-state index contributed by atoms with van der Waals surface area (Å²) in [6, 6.07) is 12.9. The summed E-state index contributed by atoms with van der Waals surface area (Å²) < 4.78 is 40.3. The third kappa shape index (κ3) is 5.55. The van der Waals surface area contributed by atoms with Crippen molar-refractivity contribution in [3.63, 3.8) is 0 Å². The third-order valence-corrected chi connectivity index (χ3v) is 5.88. The lowest BCUT2D eigenvalue weighted by Gasteiger charge is -2.12. The van der Waals surface area contributed by atoms with Crippen LogP contribution in [0, 0.1) is 5.82 Å². The molecule has 4 N–H and O–H groups in total. The van der Waals surface area contributed by atoms with Gasteiger partial charge in [-0.05, 0) is 42.3 Å². The van der Waals surface area contributed by atoms with E-state index in [4.69, 9.17) is 0 Å². The molecule has 0 aliphatic rings. The van der Waals surface area contributed by atoms with Crippen molar-refractivity contribution in [2.75, 3.05) is 26.7 Å². The van der Waals surface area contributed by atoms with Crippen LogP contribution in [-0.2, 0) is 16.4 Å². The van der Waals surface area contributed by atoms with Crippen LogP contribution in [0.25, 0.3) is 10.9 Å². The smallest absolute Gasteiger partial charge is 0.240 e. The number of aromatic nitrogens is 1. The number of halogens is 1. The predicted molar refractivity (Wildman–Crippen MR) is 113 cm³/mol. The SMILES string of the molecule is CN=C(NCCNS(=O)(=O)c1ccccc1)NCCc1c[nH]c2ccc(F)cc12. The molecule has 0 saturated heterocycles. The molecule has 0 radical (unpaired) electrons. The Morgan fingerprint density at radius 3 is 2.59 bits per heavy atom. The van der Waals surface area contributed by atoms with E-state index >= 15 is 0 Å². The fourth-order valence-corrected chi connectivity index (χ4v) is 4.00. The standard InChI is InChI=1S/C20H24FN5O2S/c1-22-20(24-11-12-26-29(27,28)17-5-3-2-4-6-17)23-10-9-15-14-25-19-8-7-16(21)13-18(15)19/h2-8,13-14,25-26H,9-12H2,1H3,(H2,22,23,24). The third-order valence-electron chi connectivity index (χ3n) is 4.40. The van der Waals surface area contributed by atoms with Gasteiger partial charge in [0.05, 0.1) is 4.90 Å². The van der Waals surface area contributed by atoms with Crippen LogP contribution >= 0.6 is 0 Å². The first-order chi connectivity index (χ1) is 14.0. The van der Waals surface area contributed by atoms with E-state index in [1.54, 1.807) is 43.4 Å². The average Bonchev–Trinajstić information content (AvgIpc) is 3.12. The van der Waals surface area contributed by atoms with Gasteiger partial charge in [-0.25, -0.2) is 17.5 Å². The Balaban J connectivity index is 1.43. The van der Waals surface area contributed by atoms with Gasteiger partial charge >= 0.3 is 0 Å². The van der Waals surface area contributed by atoms with Gasteiger partial charge in [0.25, 0.3) is 0 Å². The van der Waals surface area contributed by atoms with E-state index in [2.05, 4.69) is 25.3 Å². The van der Waals surface area contributed by atoms with Crippen molar-refractivity contribution in [1.29, 1.82) is 0 Å². The highest BCUT2D eigenvalue weighted by Crippen LogP contribution is 2.19. The molecule has 0 saturated carbocycles. The van der Waals surface area contributed by atoms with Gasteiger partial charge in [0.1, 0.15) is 5.82 Å². The van der Waals surface area contributed by atoms with Gasteiger partial charge < -0.3 is 15.6 Å². The molecule has 0 fully saturated rings. The van der Waals surface area contributed by atoms with Gasteiger partial charge in [-0.15, -0.1) is 0 Å². The number of rotatable bonds is 8. The Hall–Kier alpha value is -2.91. The number of nitrogens with one attached hydrogen (secondary N) is 4. The number of benzene rings is 2. The highest BCUT2D eigenvalue weighted by molar-refractivity contribution is 7.89.